The normalized spacial score (nSPS) is 19.6. The first-order valence-corrected chi connectivity index (χ1v) is 30.2. The van der Waals surface area contributed by atoms with Gasteiger partial charge in [0.05, 0.1) is 35.6 Å². The lowest BCUT2D eigenvalue weighted by Gasteiger charge is -2.44. The first kappa shape index (κ1) is 58.7. The number of anilines is 2. The standard InChI is InChI=1S/C56H69ClF3N9O9S2/c1-54(2,3)78-53(71)69-26-22-67(23-27-69)38-55(4)16-14-46(39-6-8-42(57)9-7-39)41(35-55)37-66-20-24-68(25-21-66)43-10-12-47(49(33-43)77-44-32-40-15-18-62-51(40)63-36-44)52(70)64-80(74,75)45-11-13-48(50(34-45)79(72,73)56(58,59)60)61-17-5-19-65-28-30-76-31-29-65/h6-13,15,18,32-34,36,61H,5,14,16-17,19-31,35,37-38H2,1-4H3,(H,62,63)(H,64,70). The van der Waals surface area contributed by atoms with Gasteiger partial charge in [-0.1, -0.05) is 36.2 Å². The maximum Gasteiger partial charge on any atom is 0.501 e. The van der Waals surface area contributed by atoms with Crippen LogP contribution in [0, 0.1) is 5.41 Å². The van der Waals surface area contributed by atoms with E-state index in [1.54, 1.807) is 35.4 Å². The average molecular weight is 1170 g/mol. The maximum atomic E-state index is 14.2. The minimum Gasteiger partial charge on any atom is -0.455 e. The van der Waals surface area contributed by atoms with Crippen molar-refractivity contribution in [3.63, 3.8) is 0 Å². The number of carbonyl (C=O) groups is 2. The number of halogens is 4. The number of alkyl halides is 3. The van der Waals surface area contributed by atoms with Crippen molar-refractivity contribution in [1.82, 2.24) is 34.3 Å². The zero-order valence-electron chi connectivity index (χ0n) is 45.4. The molecule has 0 radical (unpaired) electrons. The van der Waals surface area contributed by atoms with E-state index >= 15 is 0 Å². The second-order valence-electron chi connectivity index (χ2n) is 22.2. The molecule has 3 N–H and O–H groups in total. The molecular formula is C56H69ClF3N9O9S2. The summed E-state index contributed by atoms with van der Waals surface area (Å²) in [5.74, 6) is -0.972. The van der Waals surface area contributed by atoms with Gasteiger partial charge in [-0.15, -0.1) is 0 Å². The van der Waals surface area contributed by atoms with Crippen LogP contribution in [0.5, 0.6) is 11.5 Å². The fourth-order valence-electron chi connectivity index (χ4n) is 10.8. The van der Waals surface area contributed by atoms with E-state index in [9.17, 15) is 39.6 Å². The minimum atomic E-state index is -6.06. The molecule has 3 aliphatic heterocycles. The molecule has 2 amide bonds. The van der Waals surface area contributed by atoms with E-state index in [-0.39, 0.29) is 35.1 Å². The van der Waals surface area contributed by atoms with Crippen molar-refractivity contribution >= 4 is 71.4 Å². The highest BCUT2D eigenvalue weighted by Crippen LogP contribution is 2.44. The number of hydrogen-bond acceptors (Lipinski definition) is 15. The number of pyridine rings is 1. The highest BCUT2D eigenvalue weighted by Gasteiger charge is 2.48. The number of fused-ring (bicyclic) bond motifs is 1. The number of nitrogens with one attached hydrogen (secondary N) is 3. The van der Waals surface area contributed by atoms with Crippen molar-refractivity contribution in [2.45, 2.75) is 74.3 Å². The van der Waals surface area contributed by atoms with Gasteiger partial charge < -0.3 is 34.3 Å². The average Bonchev–Trinajstić information content (AvgIpc) is 3.97. The van der Waals surface area contributed by atoms with Gasteiger partial charge in [-0.05, 0) is 124 Å². The maximum absolute atomic E-state index is 14.2. The molecule has 3 aromatic carbocycles. The summed E-state index contributed by atoms with van der Waals surface area (Å²) in [7, 11) is -11.1. The molecule has 1 unspecified atom stereocenters. The number of sulfonamides is 1. The van der Waals surface area contributed by atoms with Gasteiger partial charge in [0.2, 0.25) is 0 Å². The Balaban J connectivity index is 0.908. The summed E-state index contributed by atoms with van der Waals surface area (Å²) in [6, 6.07) is 18.5. The summed E-state index contributed by atoms with van der Waals surface area (Å²) in [4.78, 5) is 43.2. The lowest BCUT2D eigenvalue weighted by atomic mass is 9.71. The number of hydrogen-bond donors (Lipinski definition) is 3. The topological polar surface area (TPSA) is 199 Å². The summed E-state index contributed by atoms with van der Waals surface area (Å²) in [5.41, 5.74) is -1.87. The number of sulfone groups is 1. The van der Waals surface area contributed by atoms with E-state index in [0.29, 0.717) is 106 Å². The van der Waals surface area contributed by atoms with E-state index < -0.39 is 52.4 Å². The molecule has 3 saturated heterocycles. The van der Waals surface area contributed by atoms with E-state index in [2.05, 4.69) is 53.9 Å². The quantitative estimate of drug-likeness (QED) is 0.0746. The van der Waals surface area contributed by atoms with Crippen LogP contribution in [0.15, 0.2) is 101 Å². The number of benzene rings is 3. The Kier molecular flexibility index (Phi) is 17.8. The number of aromatic amines is 1. The number of piperazine rings is 2. The Morgan fingerprint density at radius 1 is 0.850 bits per heavy atom. The molecule has 5 heterocycles. The molecule has 0 bridgehead atoms. The summed E-state index contributed by atoms with van der Waals surface area (Å²) in [6.45, 7) is 18.1. The zero-order valence-corrected chi connectivity index (χ0v) is 47.8. The molecule has 80 heavy (non-hydrogen) atoms. The van der Waals surface area contributed by atoms with Gasteiger partial charge in [0.25, 0.3) is 25.8 Å². The van der Waals surface area contributed by atoms with Gasteiger partial charge in [-0.25, -0.2) is 31.3 Å². The van der Waals surface area contributed by atoms with Crippen molar-refractivity contribution in [2.75, 3.05) is 115 Å². The molecule has 9 rings (SSSR count). The number of aromatic nitrogens is 2. The van der Waals surface area contributed by atoms with Gasteiger partial charge in [-0.3, -0.25) is 19.5 Å². The lowest BCUT2D eigenvalue weighted by molar-refractivity contribution is -0.0436. The summed E-state index contributed by atoms with van der Waals surface area (Å²) < 4.78 is 115. The first-order chi connectivity index (χ1) is 37.9. The van der Waals surface area contributed by atoms with Crippen molar-refractivity contribution in [3.05, 3.63) is 107 Å². The Bertz CT molecular complexity index is 3300. The van der Waals surface area contributed by atoms with Crippen LogP contribution < -0.4 is 19.7 Å². The largest absolute Gasteiger partial charge is 0.501 e. The first-order valence-electron chi connectivity index (χ1n) is 26.9. The predicted octanol–water partition coefficient (Wildman–Crippen LogP) is 8.87. The van der Waals surface area contributed by atoms with Gasteiger partial charge in [-0.2, -0.15) is 13.2 Å². The van der Waals surface area contributed by atoms with E-state index in [0.717, 1.165) is 63.1 Å². The number of allylic oxidation sites excluding steroid dienone is 1. The highest BCUT2D eigenvalue weighted by atomic mass is 35.5. The summed E-state index contributed by atoms with van der Waals surface area (Å²) in [5, 5.41) is 4.11. The molecule has 3 fully saturated rings. The van der Waals surface area contributed by atoms with E-state index in [1.165, 1.54) is 23.4 Å². The SMILES string of the molecule is CC1(CN2CCN(C(=O)OC(C)(C)C)CC2)CCC(c2ccc(Cl)cc2)=C(CN2CCN(c3ccc(C(=O)NS(=O)(=O)c4ccc(NCCCN5CCOCC5)c(S(=O)(=O)C(F)(F)F)c4)c(Oc4cnc5[nH]ccc5c4)c3)CC2)C1. The number of H-pyrrole nitrogens is 1. The number of morpholine rings is 1. The molecule has 432 valence electrons. The molecule has 24 heteroatoms. The Morgan fingerprint density at radius 2 is 1.56 bits per heavy atom. The number of rotatable bonds is 17. The number of nitrogens with zero attached hydrogens (tertiary/aromatic N) is 6. The number of carbonyl (C=O) groups excluding carboxylic acids is 2. The Labute approximate surface area is 470 Å². The fraction of sp³-hybridized carbons (Fsp3) is 0.482. The summed E-state index contributed by atoms with van der Waals surface area (Å²) >= 11 is 6.35. The Hall–Kier alpha value is -5.95. The highest BCUT2D eigenvalue weighted by molar-refractivity contribution is 7.92. The van der Waals surface area contributed by atoms with Gasteiger partial charge in [0.1, 0.15) is 27.6 Å². The molecular weight excluding hydrogens is 1100 g/mol. The van der Waals surface area contributed by atoms with Crippen LogP contribution in [0.4, 0.5) is 29.3 Å². The monoisotopic (exact) mass is 1170 g/mol. The van der Waals surface area contributed by atoms with Crippen LogP contribution in [0.25, 0.3) is 16.6 Å². The smallest absolute Gasteiger partial charge is 0.455 e. The third-order valence-electron chi connectivity index (χ3n) is 15.0. The number of amides is 2. The van der Waals surface area contributed by atoms with E-state index in [1.807, 2.05) is 37.6 Å². The molecule has 1 aliphatic carbocycles. The molecule has 0 spiro atoms. The van der Waals surface area contributed by atoms with Crippen LogP contribution in [0.3, 0.4) is 0 Å². The third kappa shape index (κ3) is 14.4. The predicted molar refractivity (Wildman–Crippen MR) is 301 cm³/mol. The van der Waals surface area contributed by atoms with Crippen molar-refractivity contribution in [3.8, 4) is 11.5 Å². The van der Waals surface area contributed by atoms with Gasteiger partial charge >= 0.3 is 11.6 Å². The zero-order chi connectivity index (χ0) is 57.0. The molecule has 5 aromatic rings. The molecule has 18 nitrogen and oxygen atoms in total. The molecule has 2 aromatic heterocycles. The van der Waals surface area contributed by atoms with Crippen molar-refractivity contribution < 1.29 is 53.8 Å². The second-order valence-corrected chi connectivity index (χ2v) is 26.3. The summed E-state index contributed by atoms with van der Waals surface area (Å²) in [6.07, 6.45) is 6.12. The molecule has 1 atom stereocenters. The number of ether oxygens (including phenoxy) is 3. The minimum absolute atomic E-state index is 0.00583. The van der Waals surface area contributed by atoms with Crippen LogP contribution in [-0.2, 0) is 29.3 Å². The molecule has 4 aliphatic rings. The van der Waals surface area contributed by atoms with Gasteiger partial charge in [0, 0.05) is 113 Å². The van der Waals surface area contributed by atoms with Crippen LogP contribution in [0.1, 0.15) is 69.3 Å². The van der Waals surface area contributed by atoms with Crippen LogP contribution in [-0.4, -0.2) is 174 Å². The van der Waals surface area contributed by atoms with Crippen LogP contribution >= 0.6 is 11.6 Å². The van der Waals surface area contributed by atoms with Crippen molar-refractivity contribution in [1.29, 1.82) is 0 Å². The third-order valence-corrected chi connectivity index (χ3v) is 18.1. The van der Waals surface area contributed by atoms with Gasteiger partial charge in [0.15, 0.2) is 0 Å². The Morgan fingerprint density at radius 3 is 2.26 bits per heavy atom. The van der Waals surface area contributed by atoms with Crippen molar-refractivity contribution in [2.24, 2.45) is 5.41 Å². The van der Waals surface area contributed by atoms with E-state index in [4.69, 9.17) is 25.8 Å². The van der Waals surface area contributed by atoms with Crippen LogP contribution in [0.2, 0.25) is 5.02 Å². The fourth-order valence-corrected chi connectivity index (χ4v) is 13.0. The lowest BCUT2D eigenvalue weighted by Crippen LogP contribution is -2.52. The molecule has 0 saturated carbocycles. The second kappa shape index (κ2) is 24.3.